The van der Waals surface area contributed by atoms with E-state index in [1.165, 1.54) is 18.1 Å². The average molecular weight is 327 g/mol. The summed E-state index contributed by atoms with van der Waals surface area (Å²) in [6.07, 6.45) is -3.04. The maximum absolute atomic E-state index is 13.0. The molecule has 124 valence electrons. The van der Waals surface area contributed by atoms with Crippen LogP contribution in [0.3, 0.4) is 0 Å². The van der Waals surface area contributed by atoms with Gasteiger partial charge in [0, 0.05) is 17.0 Å². The van der Waals surface area contributed by atoms with Crippen LogP contribution >= 0.6 is 0 Å². The topological polar surface area (TPSA) is 46.6 Å². The molecule has 0 radical (unpaired) electrons. The van der Waals surface area contributed by atoms with Crippen molar-refractivity contribution >= 4 is 11.9 Å². The van der Waals surface area contributed by atoms with Gasteiger partial charge in [-0.1, -0.05) is 0 Å². The molecule has 1 atom stereocenters. The Morgan fingerprint density at radius 1 is 1.39 bits per heavy atom. The van der Waals surface area contributed by atoms with Crippen LogP contribution in [0.15, 0.2) is 18.2 Å². The summed E-state index contributed by atoms with van der Waals surface area (Å²) in [6, 6.07) is 2.88. The normalized spacial score (nSPS) is 22.0. The van der Waals surface area contributed by atoms with Gasteiger partial charge in [-0.25, -0.2) is 0 Å². The molecule has 7 heteroatoms. The van der Waals surface area contributed by atoms with Crippen molar-refractivity contribution < 1.29 is 27.5 Å². The molecule has 1 aromatic carbocycles. The number of alkyl halides is 3. The number of methoxy groups -OCH3 is 1. The molecule has 1 aromatic rings. The van der Waals surface area contributed by atoms with Crippen molar-refractivity contribution in [2.24, 2.45) is 0 Å². The Morgan fingerprint density at radius 3 is 2.57 bits per heavy atom. The van der Waals surface area contributed by atoms with Crippen molar-refractivity contribution in [3.63, 3.8) is 0 Å². The lowest BCUT2D eigenvalue weighted by atomic mass is 9.80. The number of nitrogens with zero attached hydrogens (tertiary/aromatic N) is 1. The van der Waals surface area contributed by atoms with Crippen LogP contribution in [-0.4, -0.2) is 36.5 Å². The zero-order valence-corrected chi connectivity index (χ0v) is 12.7. The molecule has 1 fully saturated rings. The van der Waals surface area contributed by atoms with E-state index < -0.39 is 29.0 Å². The van der Waals surface area contributed by atoms with Crippen LogP contribution in [-0.2, 0) is 21.1 Å². The maximum Gasteiger partial charge on any atom is 0.416 e. The molecule has 3 rings (SSSR count). The Morgan fingerprint density at radius 2 is 2.04 bits per heavy atom. The first-order valence-corrected chi connectivity index (χ1v) is 7.30. The summed E-state index contributed by atoms with van der Waals surface area (Å²) in [5.41, 5.74) is -0.536. The predicted octanol–water partition coefficient (Wildman–Crippen LogP) is 2.75. The van der Waals surface area contributed by atoms with E-state index in [1.807, 2.05) is 0 Å². The van der Waals surface area contributed by atoms with E-state index in [0.717, 1.165) is 12.1 Å². The lowest BCUT2D eigenvalue weighted by Crippen LogP contribution is -2.52. The van der Waals surface area contributed by atoms with Crippen molar-refractivity contribution in [2.45, 2.75) is 37.4 Å². The molecule has 1 aliphatic carbocycles. The maximum atomic E-state index is 13.0. The standard InChI is InChI=1S/C16H16F3NO3/c1-9-15(5-6-15)12-7-10(16(17,18)19)3-4-11(12)14(22)20(9)8-13(21)23-2/h3-4,7,9H,5-6,8H2,1-2H3. The fraction of sp³-hybridized carbons (Fsp3) is 0.500. The zero-order chi connectivity index (χ0) is 17.0. The van der Waals surface area contributed by atoms with E-state index in [-0.39, 0.29) is 18.2 Å². The van der Waals surface area contributed by atoms with Gasteiger partial charge in [0.1, 0.15) is 6.54 Å². The summed E-state index contributed by atoms with van der Waals surface area (Å²) >= 11 is 0. The van der Waals surface area contributed by atoms with Crippen LogP contribution in [0.5, 0.6) is 0 Å². The van der Waals surface area contributed by atoms with Crippen molar-refractivity contribution in [1.82, 2.24) is 4.90 Å². The van der Waals surface area contributed by atoms with Crippen molar-refractivity contribution in [1.29, 1.82) is 0 Å². The lowest BCUT2D eigenvalue weighted by molar-refractivity contribution is -0.142. The van der Waals surface area contributed by atoms with Gasteiger partial charge in [0.05, 0.1) is 12.7 Å². The summed E-state index contributed by atoms with van der Waals surface area (Å²) in [7, 11) is 1.23. The van der Waals surface area contributed by atoms with E-state index in [4.69, 9.17) is 0 Å². The summed E-state index contributed by atoms with van der Waals surface area (Å²) in [4.78, 5) is 25.5. The molecule has 1 saturated carbocycles. The van der Waals surface area contributed by atoms with Crippen LogP contribution in [0.4, 0.5) is 13.2 Å². The van der Waals surface area contributed by atoms with Crippen LogP contribution in [0.25, 0.3) is 0 Å². The molecule has 1 unspecified atom stereocenters. The summed E-state index contributed by atoms with van der Waals surface area (Å²) in [5, 5.41) is 0. The van der Waals surface area contributed by atoms with Crippen LogP contribution in [0.1, 0.15) is 41.3 Å². The second-order valence-electron chi connectivity index (χ2n) is 6.10. The Kier molecular flexibility index (Phi) is 3.42. The second kappa shape index (κ2) is 4.97. The number of ether oxygens (including phenoxy) is 1. The number of carbonyl (C=O) groups is 2. The first-order valence-electron chi connectivity index (χ1n) is 7.30. The fourth-order valence-electron chi connectivity index (χ4n) is 3.41. The number of halogens is 3. The Bertz CT molecular complexity index is 680. The highest BCUT2D eigenvalue weighted by atomic mass is 19.4. The van der Waals surface area contributed by atoms with E-state index in [9.17, 15) is 22.8 Å². The number of hydrogen-bond donors (Lipinski definition) is 0. The zero-order valence-electron chi connectivity index (χ0n) is 12.7. The summed E-state index contributed by atoms with van der Waals surface area (Å²) in [5.74, 6) is -0.972. The summed E-state index contributed by atoms with van der Waals surface area (Å²) < 4.78 is 43.5. The largest absolute Gasteiger partial charge is 0.468 e. The minimum atomic E-state index is -4.44. The third-order valence-electron chi connectivity index (χ3n) is 4.96. The smallest absolute Gasteiger partial charge is 0.416 e. The molecule has 1 amide bonds. The Hall–Kier alpha value is -2.05. The number of hydrogen-bond acceptors (Lipinski definition) is 3. The van der Waals surface area contributed by atoms with Gasteiger partial charge in [0.15, 0.2) is 0 Å². The number of rotatable bonds is 2. The Labute approximate surface area is 131 Å². The van der Waals surface area contributed by atoms with Crippen molar-refractivity contribution in [3.05, 3.63) is 34.9 Å². The van der Waals surface area contributed by atoms with Gasteiger partial charge in [-0.05, 0) is 43.5 Å². The van der Waals surface area contributed by atoms with E-state index in [1.54, 1.807) is 6.92 Å². The van der Waals surface area contributed by atoms with Crippen molar-refractivity contribution in [2.75, 3.05) is 13.7 Å². The third kappa shape index (κ3) is 2.38. The lowest BCUT2D eigenvalue weighted by Gasteiger charge is -2.40. The van der Waals surface area contributed by atoms with Crippen LogP contribution in [0, 0.1) is 0 Å². The van der Waals surface area contributed by atoms with Crippen LogP contribution in [0.2, 0.25) is 0 Å². The number of benzene rings is 1. The molecule has 0 aromatic heterocycles. The molecule has 0 bridgehead atoms. The van der Waals surface area contributed by atoms with Gasteiger partial charge in [-0.15, -0.1) is 0 Å². The minimum absolute atomic E-state index is 0.196. The molecule has 1 heterocycles. The number of amides is 1. The van der Waals surface area contributed by atoms with E-state index >= 15 is 0 Å². The van der Waals surface area contributed by atoms with Gasteiger partial charge in [-0.2, -0.15) is 13.2 Å². The molecule has 23 heavy (non-hydrogen) atoms. The second-order valence-corrected chi connectivity index (χ2v) is 6.10. The number of fused-ring (bicyclic) bond motifs is 2. The third-order valence-corrected chi connectivity index (χ3v) is 4.96. The predicted molar refractivity (Wildman–Crippen MR) is 74.9 cm³/mol. The molecular formula is C16H16F3NO3. The average Bonchev–Trinajstić information content (AvgIpc) is 3.30. The van der Waals surface area contributed by atoms with Gasteiger partial charge >= 0.3 is 12.1 Å². The minimum Gasteiger partial charge on any atom is -0.468 e. The van der Waals surface area contributed by atoms with Gasteiger partial charge in [-0.3, -0.25) is 9.59 Å². The van der Waals surface area contributed by atoms with Crippen LogP contribution < -0.4 is 0 Å². The van der Waals surface area contributed by atoms with Crippen molar-refractivity contribution in [3.8, 4) is 0 Å². The van der Waals surface area contributed by atoms with Gasteiger partial charge in [0.25, 0.3) is 5.91 Å². The SMILES string of the molecule is COC(=O)CN1C(=O)c2ccc(C(F)(F)F)cc2C2(CC2)C1C. The molecule has 1 aliphatic heterocycles. The molecule has 0 saturated heterocycles. The molecule has 4 nitrogen and oxygen atoms in total. The summed E-state index contributed by atoms with van der Waals surface area (Å²) in [6.45, 7) is 1.58. The van der Waals surface area contributed by atoms with E-state index in [0.29, 0.717) is 18.4 Å². The van der Waals surface area contributed by atoms with Gasteiger partial charge in [0.2, 0.25) is 0 Å². The quantitative estimate of drug-likeness (QED) is 0.785. The van der Waals surface area contributed by atoms with E-state index in [2.05, 4.69) is 4.74 Å². The fourth-order valence-corrected chi connectivity index (χ4v) is 3.41. The Balaban J connectivity index is 2.06. The highest BCUT2D eigenvalue weighted by Gasteiger charge is 2.57. The van der Waals surface area contributed by atoms with Gasteiger partial charge < -0.3 is 9.64 Å². The molecule has 1 spiro atoms. The first kappa shape index (κ1) is 15.8. The monoisotopic (exact) mass is 327 g/mol. The highest BCUT2D eigenvalue weighted by Crippen LogP contribution is 2.56. The number of carbonyl (C=O) groups excluding carboxylic acids is 2. The highest BCUT2D eigenvalue weighted by molar-refractivity contribution is 5.99. The molecular weight excluding hydrogens is 311 g/mol. The first-order chi connectivity index (χ1) is 10.7. The number of esters is 1. The molecule has 0 N–H and O–H groups in total. The molecule has 2 aliphatic rings.